The molecule has 5 N–H and O–H groups in total. The first-order chi connectivity index (χ1) is 10.5. The summed E-state index contributed by atoms with van der Waals surface area (Å²) in [5, 5.41) is 39.0. The number of fused-ring (bicyclic) bond motifs is 1. The smallest absolute Gasteiger partial charge is 0.335 e. The molecule has 0 aliphatic carbocycles. The monoisotopic (exact) mass is 309 g/mol. The average Bonchev–Trinajstić information content (AvgIpc) is 2.91. The minimum absolute atomic E-state index is 0.340. The summed E-state index contributed by atoms with van der Waals surface area (Å²) < 4.78 is 10.6. The summed E-state index contributed by atoms with van der Waals surface area (Å²) in [6.07, 6.45) is -6.58. The van der Waals surface area contributed by atoms with Crippen LogP contribution in [0.4, 0.5) is 0 Å². The first kappa shape index (κ1) is 14.8. The van der Waals surface area contributed by atoms with Crippen LogP contribution < -0.4 is 4.74 Å². The number of rotatable bonds is 3. The summed E-state index contributed by atoms with van der Waals surface area (Å²) in [5.74, 6) is -1.11. The first-order valence-electron chi connectivity index (χ1n) is 6.64. The van der Waals surface area contributed by atoms with E-state index >= 15 is 0 Å². The van der Waals surface area contributed by atoms with Crippen molar-refractivity contribution in [2.24, 2.45) is 0 Å². The predicted molar refractivity (Wildman–Crippen MR) is 73.2 cm³/mol. The molecule has 1 aliphatic heterocycles. The topological polar surface area (TPSA) is 132 Å². The Morgan fingerprint density at radius 2 is 1.86 bits per heavy atom. The summed E-state index contributed by atoms with van der Waals surface area (Å²) in [5.41, 5.74) is 0.790. The fraction of sp³-hybridized carbons (Fsp3) is 0.357. The van der Waals surface area contributed by atoms with E-state index in [1.165, 1.54) is 6.20 Å². The van der Waals surface area contributed by atoms with E-state index in [-0.39, 0.29) is 0 Å². The molecule has 22 heavy (non-hydrogen) atoms. The quantitative estimate of drug-likeness (QED) is 0.513. The number of carbonyl (C=O) groups is 1. The van der Waals surface area contributed by atoms with E-state index in [1.54, 1.807) is 12.1 Å². The van der Waals surface area contributed by atoms with E-state index < -0.39 is 36.7 Å². The molecule has 0 bridgehead atoms. The number of ether oxygens (including phenoxy) is 2. The Bertz CT molecular complexity index is 685. The van der Waals surface area contributed by atoms with Gasteiger partial charge in [0.15, 0.2) is 6.10 Å². The van der Waals surface area contributed by atoms with Crippen LogP contribution in [0.25, 0.3) is 10.9 Å². The fourth-order valence-corrected chi connectivity index (χ4v) is 2.42. The van der Waals surface area contributed by atoms with Crippen LogP contribution in [0.15, 0.2) is 30.5 Å². The van der Waals surface area contributed by atoms with Crippen LogP contribution in [0.2, 0.25) is 0 Å². The number of benzene rings is 1. The molecule has 0 saturated carbocycles. The molecule has 8 heteroatoms. The van der Waals surface area contributed by atoms with E-state index in [2.05, 4.69) is 4.98 Å². The molecule has 118 valence electrons. The van der Waals surface area contributed by atoms with Gasteiger partial charge in [0.2, 0.25) is 6.29 Å². The third kappa shape index (κ3) is 2.42. The van der Waals surface area contributed by atoms with Gasteiger partial charge in [0.25, 0.3) is 0 Å². The molecule has 0 radical (unpaired) electrons. The largest absolute Gasteiger partial charge is 0.479 e. The summed E-state index contributed by atoms with van der Waals surface area (Å²) in [6.45, 7) is 0. The number of aromatic amines is 1. The van der Waals surface area contributed by atoms with Crippen molar-refractivity contribution in [1.82, 2.24) is 4.98 Å². The average molecular weight is 309 g/mol. The van der Waals surface area contributed by atoms with Gasteiger partial charge in [-0.15, -0.1) is 0 Å². The van der Waals surface area contributed by atoms with E-state index in [1.807, 2.05) is 12.1 Å². The first-order valence-corrected chi connectivity index (χ1v) is 6.64. The Hall–Kier alpha value is -2.13. The highest BCUT2D eigenvalue weighted by Gasteiger charge is 2.48. The minimum atomic E-state index is -1.74. The van der Waals surface area contributed by atoms with E-state index in [0.717, 1.165) is 5.52 Å². The summed E-state index contributed by atoms with van der Waals surface area (Å²) in [4.78, 5) is 14.0. The Kier molecular flexibility index (Phi) is 3.75. The molecular formula is C14H15NO7. The number of aliphatic carboxylic acids is 1. The van der Waals surface area contributed by atoms with Crippen LogP contribution in [0, 0.1) is 0 Å². The molecular weight excluding hydrogens is 294 g/mol. The summed E-state index contributed by atoms with van der Waals surface area (Å²) in [7, 11) is 0. The van der Waals surface area contributed by atoms with Gasteiger partial charge in [0.1, 0.15) is 24.1 Å². The molecule has 1 fully saturated rings. The number of carboxylic acid groups (broad SMARTS) is 1. The molecule has 1 aliphatic rings. The van der Waals surface area contributed by atoms with Crippen molar-refractivity contribution in [3.63, 3.8) is 0 Å². The molecule has 2 aromatic rings. The molecule has 2 heterocycles. The van der Waals surface area contributed by atoms with Gasteiger partial charge in [-0.25, -0.2) is 4.79 Å². The third-order valence-electron chi connectivity index (χ3n) is 3.61. The molecule has 1 aromatic carbocycles. The Morgan fingerprint density at radius 1 is 1.14 bits per heavy atom. The highest BCUT2D eigenvalue weighted by molar-refractivity contribution is 5.85. The summed E-state index contributed by atoms with van der Waals surface area (Å²) >= 11 is 0. The fourth-order valence-electron chi connectivity index (χ4n) is 2.42. The second kappa shape index (κ2) is 5.58. The van der Waals surface area contributed by atoms with Gasteiger partial charge in [-0.05, 0) is 12.1 Å². The van der Waals surface area contributed by atoms with Gasteiger partial charge in [-0.3, -0.25) is 0 Å². The predicted octanol–water partition coefficient (Wildman–Crippen LogP) is -0.561. The standard InChI is InChI=1S/C14H15NO7/c16-9-10(17)12(13(19)20)22-14(11(9)18)21-8-5-15-7-4-2-1-3-6(7)8/h1-5,9-12,14-18H,(H,19,20)/t9-,10-,11+,12-,14+/m0/s1. The van der Waals surface area contributed by atoms with Crippen molar-refractivity contribution >= 4 is 16.9 Å². The number of carboxylic acids is 1. The van der Waals surface area contributed by atoms with Crippen LogP contribution in [0.3, 0.4) is 0 Å². The summed E-state index contributed by atoms with van der Waals surface area (Å²) in [6, 6.07) is 7.21. The van der Waals surface area contributed by atoms with Crippen molar-refractivity contribution in [1.29, 1.82) is 0 Å². The van der Waals surface area contributed by atoms with Gasteiger partial charge in [0, 0.05) is 17.1 Å². The highest BCUT2D eigenvalue weighted by Crippen LogP contribution is 2.29. The van der Waals surface area contributed by atoms with E-state index in [0.29, 0.717) is 11.1 Å². The lowest BCUT2D eigenvalue weighted by atomic mass is 9.99. The molecule has 8 nitrogen and oxygen atoms in total. The second-order valence-electron chi connectivity index (χ2n) is 5.05. The zero-order valence-electron chi connectivity index (χ0n) is 11.3. The van der Waals surface area contributed by atoms with Crippen molar-refractivity contribution in [3.8, 4) is 5.75 Å². The van der Waals surface area contributed by atoms with Crippen LogP contribution in [-0.4, -0.2) is 62.1 Å². The van der Waals surface area contributed by atoms with Crippen LogP contribution in [-0.2, 0) is 9.53 Å². The third-order valence-corrected chi connectivity index (χ3v) is 3.61. The number of hydrogen-bond donors (Lipinski definition) is 5. The van der Waals surface area contributed by atoms with Crippen molar-refractivity contribution in [3.05, 3.63) is 30.5 Å². The molecule has 0 unspecified atom stereocenters. The van der Waals surface area contributed by atoms with Crippen molar-refractivity contribution < 1.29 is 34.7 Å². The van der Waals surface area contributed by atoms with Crippen LogP contribution in [0.5, 0.6) is 5.75 Å². The maximum atomic E-state index is 11.0. The zero-order valence-corrected chi connectivity index (χ0v) is 11.3. The van der Waals surface area contributed by atoms with Gasteiger partial charge in [-0.2, -0.15) is 0 Å². The highest BCUT2D eigenvalue weighted by atomic mass is 16.7. The number of aromatic nitrogens is 1. The van der Waals surface area contributed by atoms with Crippen LogP contribution >= 0.6 is 0 Å². The van der Waals surface area contributed by atoms with Crippen molar-refractivity contribution in [2.75, 3.05) is 0 Å². The molecule has 3 rings (SSSR count). The SMILES string of the molecule is O=C(O)[C@H]1O[C@@H](Oc2c[nH]c3ccccc23)[C@H](O)[C@@H](O)[C@@H]1O. The molecule has 1 saturated heterocycles. The number of aliphatic hydroxyl groups is 3. The molecule has 0 amide bonds. The number of nitrogens with one attached hydrogen (secondary N) is 1. The lowest BCUT2D eigenvalue weighted by Gasteiger charge is -2.38. The molecule has 5 atom stereocenters. The van der Waals surface area contributed by atoms with Gasteiger partial charge >= 0.3 is 5.97 Å². The Labute approximate surface area is 124 Å². The van der Waals surface area contributed by atoms with Gasteiger partial charge < -0.3 is 34.9 Å². The maximum Gasteiger partial charge on any atom is 0.335 e. The van der Waals surface area contributed by atoms with E-state index in [4.69, 9.17) is 14.6 Å². The van der Waals surface area contributed by atoms with Gasteiger partial charge in [0.05, 0.1) is 0 Å². The molecule has 1 aromatic heterocycles. The lowest BCUT2D eigenvalue weighted by Crippen LogP contribution is -2.61. The Balaban J connectivity index is 1.85. The molecule has 0 spiro atoms. The van der Waals surface area contributed by atoms with Crippen LogP contribution in [0.1, 0.15) is 0 Å². The van der Waals surface area contributed by atoms with Crippen molar-refractivity contribution in [2.45, 2.75) is 30.7 Å². The second-order valence-corrected chi connectivity index (χ2v) is 5.05. The number of para-hydroxylation sites is 1. The number of H-pyrrole nitrogens is 1. The maximum absolute atomic E-state index is 11.0. The normalized spacial score (nSPS) is 32.0. The minimum Gasteiger partial charge on any atom is -0.479 e. The number of aliphatic hydroxyl groups excluding tert-OH is 3. The Morgan fingerprint density at radius 3 is 2.59 bits per heavy atom. The van der Waals surface area contributed by atoms with E-state index in [9.17, 15) is 20.1 Å². The van der Waals surface area contributed by atoms with Gasteiger partial charge in [-0.1, -0.05) is 12.1 Å². The number of hydrogen-bond acceptors (Lipinski definition) is 6. The lowest BCUT2D eigenvalue weighted by molar-refractivity contribution is -0.270. The zero-order chi connectivity index (χ0) is 15.9.